The molecule has 1 saturated heterocycles. The highest BCUT2D eigenvalue weighted by Gasteiger charge is 2.39. The van der Waals surface area contributed by atoms with Crippen LogP contribution in [0.1, 0.15) is 29.8 Å². The number of hydrogen-bond acceptors (Lipinski definition) is 3. The van der Waals surface area contributed by atoms with Gasteiger partial charge < -0.3 is 10.7 Å². The third kappa shape index (κ3) is 3.22. The van der Waals surface area contributed by atoms with E-state index >= 15 is 0 Å². The van der Waals surface area contributed by atoms with Gasteiger partial charge in [-0.2, -0.15) is 0 Å². The van der Waals surface area contributed by atoms with Crippen LogP contribution in [0.2, 0.25) is 0 Å². The lowest BCUT2D eigenvalue weighted by molar-refractivity contribution is 0.138. The molecule has 6 heteroatoms. The second kappa shape index (κ2) is 6.98. The maximum Gasteiger partial charge on any atom is 0.121 e. The molecule has 0 amide bonds. The molecule has 4 nitrogen and oxygen atoms in total. The van der Waals surface area contributed by atoms with Gasteiger partial charge in [-0.1, -0.05) is 6.07 Å². The summed E-state index contributed by atoms with van der Waals surface area (Å²) in [5.74, 6) is 2.47. The highest BCUT2D eigenvalue weighted by atomic mass is 35.5. The molecule has 4 rings (SSSR count). The Morgan fingerprint density at radius 1 is 1.17 bits per heavy atom. The minimum Gasteiger partial charge on any atom is -0.341 e. The number of likely N-dealkylation sites (tertiary alicyclic amines) is 1. The first-order valence-electron chi connectivity index (χ1n) is 8.04. The first-order chi connectivity index (χ1) is 10.1. The van der Waals surface area contributed by atoms with E-state index in [9.17, 15) is 0 Å². The van der Waals surface area contributed by atoms with Gasteiger partial charge in [-0.25, -0.2) is 4.98 Å². The molecule has 0 spiro atoms. The lowest BCUT2D eigenvalue weighted by Gasteiger charge is -2.35. The van der Waals surface area contributed by atoms with Crippen molar-refractivity contribution in [1.29, 1.82) is 0 Å². The number of nitrogens with zero attached hydrogens (tertiary/aromatic N) is 2. The maximum absolute atomic E-state index is 6.29. The number of nitrogens with two attached hydrogens (primary N) is 1. The Labute approximate surface area is 150 Å². The minimum atomic E-state index is 0. The highest BCUT2D eigenvalue weighted by molar-refractivity contribution is 5.85. The fraction of sp³-hybridized carbons (Fsp3) is 0.588. The van der Waals surface area contributed by atoms with E-state index in [1.54, 1.807) is 0 Å². The topological polar surface area (TPSA) is 57.9 Å². The van der Waals surface area contributed by atoms with Crippen molar-refractivity contribution in [3.63, 3.8) is 0 Å². The summed E-state index contributed by atoms with van der Waals surface area (Å²) in [5.41, 5.74) is 11.2. The minimum absolute atomic E-state index is 0. The van der Waals surface area contributed by atoms with E-state index in [1.807, 2.05) is 0 Å². The average Bonchev–Trinajstić information content (AvgIpc) is 2.93. The molecule has 2 aromatic rings. The van der Waals surface area contributed by atoms with Crippen molar-refractivity contribution in [3.8, 4) is 0 Å². The fourth-order valence-corrected chi connectivity index (χ4v) is 4.14. The molecule has 1 aromatic carbocycles. The lowest BCUT2D eigenvalue weighted by Crippen LogP contribution is -2.48. The normalized spacial score (nSPS) is 26.8. The van der Waals surface area contributed by atoms with Gasteiger partial charge in [0.25, 0.3) is 0 Å². The van der Waals surface area contributed by atoms with E-state index in [1.165, 1.54) is 24.0 Å². The molecule has 3 N–H and O–H groups in total. The Balaban J connectivity index is 0.000000960. The van der Waals surface area contributed by atoms with Crippen molar-refractivity contribution in [1.82, 2.24) is 14.9 Å². The van der Waals surface area contributed by atoms with Gasteiger partial charge in [0.15, 0.2) is 0 Å². The molecule has 0 radical (unpaired) electrons. The van der Waals surface area contributed by atoms with E-state index in [-0.39, 0.29) is 24.8 Å². The van der Waals surface area contributed by atoms with Crippen LogP contribution in [0.15, 0.2) is 12.1 Å². The molecular weight excluding hydrogens is 331 g/mol. The van der Waals surface area contributed by atoms with Crippen LogP contribution in [0.3, 0.4) is 0 Å². The average molecular weight is 357 g/mol. The summed E-state index contributed by atoms with van der Waals surface area (Å²) < 4.78 is 0. The zero-order valence-electron chi connectivity index (χ0n) is 13.7. The smallest absolute Gasteiger partial charge is 0.121 e. The van der Waals surface area contributed by atoms with Crippen molar-refractivity contribution < 1.29 is 0 Å². The number of benzene rings is 1. The molecule has 1 aliphatic heterocycles. The van der Waals surface area contributed by atoms with E-state index in [0.29, 0.717) is 17.9 Å². The van der Waals surface area contributed by atoms with Crippen molar-refractivity contribution in [3.05, 3.63) is 29.1 Å². The number of imidazole rings is 1. The summed E-state index contributed by atoms with van der Waals surface area (Å²) >= 11 is 0. The molecule has 2 aliphatic rings. The fourth-order valence-electron chi connectivity index (χ4n) is 4.14. The van der Waals surface area contributed by atoms with Crippen LogP contribution in [0.5, 0.6) is 0 Å². The Hall–Kier alpha value is -0.810. The second-order valence-corrected chi connectivity index (χ2v) is 6.96. The first kappa shape index (κ1) is 18.5. The summed E-state index contributed by atoms with van der Waals surface area (Å²) in [4.78, 5) is 10.8. The van der Waals surface area contributed by atoms with Crippen LogP contribution >= 0.6 is 24.8 Å². The first-order valence-corrected chi connectivity index (χ1v) is 8.04. The van der Waals surface area contributed by atoms with Gasteiger partial charge in [-0.3, -0.25) is 4.90 Å². The van der Waals surface area contributed by atoms with Gasteiger partial charge in [0.2, 0.25) is 0 Å². The number of aryl methyl sites for hydroxylation is 2. The molecule has 1 aliphatic carbocycles. The second-order valence-electron chi connectivity index (χ2n) is 6.96. The van der Waals surface area contributed by atoms with E-state index < -0.39 is 0 Å². The Bertz CT molecular complexity index is 671. The SMILES string of the molecule is Cc1ccc2[nH]c(CN3C[C@H]4CC[C@@H](C3)C4N)nc2c1C.Cl.Cl. The van der Waals surface area contributed by atoms with E-state index in [2.05, 4.69) is 35.9 Å². The van der Waals surface area contributed by atoms with E-state index in [4.69, 9.17) is 10.7 Å². The number of aromatic amines is 1. The third-order valence-corrected chi connectivity index (χ3v) is 5.58. The number of nitrogens with one attached hydrogen (secondary N) is 1. The number of fused-ring (bicyclic) bond motifs is 3. The molecule has 1 saturated carbocycles. The molecule has 2 heterocycles. The Morgan fingerprint density at radius 2 is 1.83 bits per heavy atom. The summed E-state index contributed by atoms with van der Waals surface area (Å²) in [7, 11) is 0. The summed E-state index contributed by atoms with van der Waals surface area (Å²) in [5, 5.41) is 0. The zero-order chi connectivity index (χ0) is 14.6. The van der Waals surface area contributed by atoms with Gasteiger partial charge in [0.1, 0.15) is 5.82 Å². The quantitative estimate of drug-likeness (QED) is 0.868. The molecular formula is C17H26Cl2N4. The maximum atomic E-state index is 6.29. The molecule has 128 valence electrons. The largest absolute Gasteiger partial charge is 0.341 e. The number of halogens is 2. The van der Waals surface area contributed by atoms with Crippen LogP contribution in [0.25, 0.3) is 11.0 Å². The van der Waals surface area contributed by atoms with Gasteiger partial charge in [0.05, 0.1) is 17.6 Å². The van der Waals surface area contributed by atoms with Gasteiger partial charge in [-0.05, 0) is 55.7 Å². The monoisotopic (exact) mass is 356 g/mol. The number of H-pyrrole nitrogens is 1. The predicted octanol–water partition coefficient (Wildman–Crippen LogP) is 3.19. The van der Waals surface area contributed by atoms with Gasteiger partial charge in [0, 0.05) is 19.1 Å². The van der Waals surface area contributed by atoms with Crippen molar-refractivity contribution >= 4 is 35.8 Å². The zero-order valence-corrected chi connectivity index (χ0v) is 15.3. The number of piperidine rings is 1. The van der Waals surface area contributed by atoms with Crippen molar-refractivity contribution in [2.45, 2.75) is 39.3 Å². The number of hydrogen-bond donors (Lipinski definition) is 2. The Morgan fingerprint density at radius 3 is 2.48 bits per heavy atom. The molecule has 23 heavy (non-hydrogen) atoms. The van der Waals surface area contributed by atoms with Crippen molar-refractivity contribution in [2.75, 3.05) is 13.1 Å². The summed E-state index contributed by atoms with van der Waals surface area (Å²) in [6.07, 6.45) is 2.61. The van der Waals surface area contributed by atoms with Crippen LogP contribution in [0.4, 0.5) is 0 Å². The highest BCUT2D eigenvalue weighted by Crippen LogP contribution is 2.36. The molecule has 1 unspecified atom stereocenters. The summed E-state index contributed by atoms with van der Waals surface area (Å²) in [6.45, 7) is 7.49. The van der Waals surface area contributed by atoms with Crippen LogP contribution in [-0.4, -0.2) is 34.0 Å². The Kier molecular flexibility index (Phi) is 5.62. The molecule has 2 bridgehead atoms. The number of rotatable bonds is 2. The predicted molar refractivity (Wildman–Crippen MR) is 99.5 cm³/mol. The standard InChI is InChI=1S/C17H24N4.2ClH/c1-10-3-6-14-17(11(10)2)20-15(19-14)9-21-7-12-4-5-13(8-21)16(12)18;;/h3,6,12-13,16H,4-5,7-9,18H2,1-2H3,(H,19,20);2*1H/t12-,13+,16?;;. The van der Waals surface area contributed by atoms with Crippen LogP contribution in [0, 0.1) is 25.7 Å². The van der Waals surface area contributed by atoms with Crippen LogP contribution < -0.4 is 5.73 Å². The lowest BCUT2D eigenvalue weighted by atomic mass is 9.93. The number of aromatic nitrogens is 2. The molecule has 2 fully saturated rings. The molecule has 1 aromatic heterocycles. The molecule has 3 atom stereocenters. The van der Waals surface area contributed by atoms with Crippen LogP contribution in [-0.2, 0) is 6.54 Å². The van der Waals surface area contributed by atoms with E-state index in [0.717, 1.165) is 36.5 Å². The van der Waals surface area contributed by atoms with Gasteiger partial charge in [-0.15, -0.1) is 24.8 Å². The van der Waals surface area contributed by atoms with Gasteiger partial charge >= 0.3 is 0 Å². The third-order valence-electron chi connectivity index (χ3n) is 5.58. The summed E-state index contributed by atoms with van der Waals surface area (Å²) in [6, 6.07) is 4.74. The van der Waals surface area contributed by atoms with Crippen molar-refractivity contribution in [2.24, 2.45) is 17.6 Å².